The Morgan fingerprint density at radius 3 is 2.26 bits per heavy atom. The molecule has 2 aromatic carbocycles. The van der Waals surface area contributed by atoms with Gasteiger partial charge in [-0.05, 0) is 30.4 Å². The van der Waals surface area contributed by atoms with Crippen LogP contribution in [-0.2, 0) is 27.4 Å². The van der Waals surface area contributed by atoms with E-state index in [1.54, 1.807) is 4.90 Å². The average Bonchev–Trinajstić information content (AvgIpc) is 3.17. The number of amides is 1. The number of carbonyl (C=O) groups excluding carboxylic acids is 2. The standard InChI is InChI=1S/C21H24N2O3.ClH/c22-18(14-16-8-3-1-4-9-16)20(24)23-13-7-12-19(23)21(25)26-15-17-10-5-2-6-11-17;/h1-6,8-11,18-19H,7,12-15,22H2;1H/t18-,19+;/m1./s1. The zero-order chi connectivity index (χ0) is 18.4. The molecule has 6 heteroatoms. The zero-order valence-corrected chi connectivity index (χ0v) is 15.9. The molecule has 27 heavy (non-hydrogen) atoms. The SMILES string of the molecule is Cl.N[C@H](Cc1ccccc1)C(=O)N1CCC[C@H]1C(=O)OCc1ccccc1. The number of nitrogens with two attached hydrogens (primary N) is 1. The fraction of sp³-hybridized carbons (Fsp3) is 0.333. The van der Waals surface area contributed by atoms with Gasteiger partial charge >= 0.3 is 5.97 Å². The lowest BCUT2D eigenvalue weighted by atomic mass is 10.1. The molecule has 0 radical (unpaired) electrons. The first-order chi connectivity index (χ1) is 12.6. The third-order valence-electron chi connectivity index (χ3n) is 4.65. The van der Waals surface area contributed by atoms with E-state index in [0.717, 1.165) is 17.5 Å². The van der Waals surface area contributed by atoms with Crippen molar-refractivity contribution in [2.45, 2.75) is 38.0 Å². The minimum atomic E-state index is -0.653. The smallest absolute Gasteiger partial charge is 0.329 e. The maximum absolute atomic E-state index is 12.7. The summed E-state index contributed by atoms with van der Waals surface area (Å²) in [4.78, 5) is 26.8. The molecular weight excluding hydrogens is 364 g/mol. The molecule has 2 aromatic rings. The van der Waals surface area contributed by atoms with Crippen LogP contribution in [0.1, 0.15) is 24.0 Å². The molecule has 5 nitrogen and oxygen atoms in total. The number of benzene rings is 2. The number of hydrogen-bond acceptors (Lipinski definition) is 4. The largest absolute Gasteiger partial charge is 0.459 e. The van der Waals surface area contributed by atoms with Crippen LogP contribution in [0.15, 0.2) is 60.7 Å². The summed E-state index contributed by atoms with van der Waals surface area (Å²) in [5.41, 5.74) is 8.05. The van der Waals surface area contributed by atoms with Gasteiger partial charge in [-0.3, -0.25) is 4.79 Å². The van der Waals surface area contributed by atoms with Crippen molar-refractivity contribution in [3.05, 3.63) is 71.8 Å². The molecule has 1 fully saturated rings. The first-order valence-electron chi connectivity index (χ1n) is 8.95. The molecule has 144 valence electrons. The number of esters is 1. The van der Waals surface area contributed by atoms with E-state index in [2.05, 4.69) is 0 Å². The summed E-state index contributed by atoms with van der Waals surface area (Å²) in [5.74, 6) is -0.542. The van der Waals surface area contributed by atoms with E-state index in [0.29, 0.717) is 19.4 Å². The lowest BCUT2D eigenvalue weighted by molar-refractivity contribution is -0.154. The Morgan fingerprint density at radius 1 is 1.04 bits per heavy atom. The molecule has 0 aromatic heterocycles. The first-order valence-corrected chi connectivity index (χ1v) is 8.95. The number of carbonyl (C=O) groups is 2. The fourth-order valence-electron chi connectivity index (χ4n) is 3.27. The van der Waals surface area contributed by atoms with Gasteiger partial charge in [0.05, 0.1) is 6.04 Å². The van der Waals surface area contributed by atoms with Gasteiger partial charge in [0.1, 0.15) is 12.6 Å². The summed E-state index contributed by atoms with van der Waals surface area (Å²) in [7, 11) is 0. The maximum atomic E-state index is 12.7. The van der Waals surface area contributed by atoms with Gasteiger partial charge in [-0.15, -0.1) is 12.4 Å². The Bertz CT molecular complexity index is 740. The van der Waals surface area contributed by atoms with Crippen molar-refractivity contribution in [1.29, 1.82) is 0 Å². The predicted octanol–water partition coefficient (Wildman–Crippen LogP) is 2.71. The lowest BCUT2D eigenvalue weighted by Gasteiger charge is -2.26. The molecule has 0 bridgehead atoms. The summed E-state index contributed by atoms with van der Waals surface area (Å²) in [6.45, 7) is 0.765. The molecular formula is C21H25ClN2O3. The van der Waals surface area contributed by atoms with Gasteiger partial charge in [-0.1, -0.05) is 60.7 Å². The van der Waals surface area contributed by atoms with Gasteiger partial charge in [0.2, 0.25) is 5.91 Å². The van der Waals surface area contributed by atoms with Gasteiger partial charge in [0.25, 0.3) is 0 Å². The van der Waals surface area contributed by atoms with Crippen LogP contribution in [0.25, 0.3) is 0 Å². The second kappa shape index (κ2) is 10.1. The van der Waals surface area contributed by atoms with E-state index >= 15 is 0 Å². The van der Waals surface area contributed by atoms with Crippen molar-refractivity contribution in [2.24, 2.45) is 5.73 Å². The topological polar surface area (TPSA) is 72.6 Å². The molecule has 1 heterocycles. The van der Waals surface area contributed by atoms with Crippen molar-refractivity contribution < 1.29 is 14.3 Å². The minimum Gasteiger partial charge on any atom is -0.459 e. The average molecular weight is 389 g/mol. The number of hydrogen-bond donors (Lipinski definition) is 1. The Hall–Kier alpha value is -2.37. The third-order valence-corrected chi connectivity index (χ3v) is 4.65. The number of nitrogens with zero attached hydrogens (tertiary/aromatic N) is 1. The number of halogens is 1. The lowest BCUT2D eigenvalue weighted by Crippen LogP contribution is -2.49. The van der Waals surface area contributed by atoms with Crippen LogP contribution in [0, 0.1) is 0 Å². The summed E-state index contributed by atoms with van der Waals surface area (Å²) in [6.07, 6.45) is 1.87. The van der Waals surface area contributed by atoms with E-state index < -0.39 is 12.1 Å². The van der Waals surface area contributed by atoms with Gasteiger partial charge in [0, 0.05) is 6.54 Å². The Kier molecular flexibility index (Phi) is 7.82. The van der Waals surface area contributed by atoms with E-state index in [4.69, 9.17) is 10.5 Å². The highest BCUT2D eigenvalue weighted by atomic mass is 35.5. The van der Waals surface area contributed by atoms with Crippen LogP contribution in [0.3, 0.4) is 0 Å². The minimum absolute atomic E-state index is 0. The van der Waals surface area contributed by atoms with E-state index in [1.165, 1.54) is 0 Å². The Morgan fingerprint density at radius 2 is 1.63 bits per heavy atom. The molecule has 3 rings (SSSR count). The molecule has 1 aliphatic rings. The summed E-state index contributed by atoms with van der Waals surface area (Å²) in [6, 6.07) is 18.0. The highest BCUT2D eigenvalue weighted by Crippen LogP contribution is 2.20. The monoisotopic (exact) mass is 388 g/mol. The molecule has 0 aliphatic carbocycles. The number of ether oxygens (including phenoxy) is 1. The van der Waals surface area contributed by atoms with Gasteiger partial charge in [0.15, 0.2) is 0 Å². The molecule has 1 amide bonds. The zero-order valence-electron chi connectivity index (χ0n) is 15.1. The molecule has 0 spiro atoms. The van der Waals surface area contributed by atoms with Crippen LogP contribution in [0.2, 0.25) is 0 Å². The van der Waals surface area contributed by atoms with Crippen LogP contribution in [-0.4, -0.2) is 35.4 Å². The molecule has 0 saturated carbocycles. The van der Waals surface area contributed by atoms with E-state index in [9.17, 15) is 9.59 Å². The Balaban J connectivity index is 0.00000261. The third kappa shape index (κ3) is 5.55. The van der Waals surface area contributed by atoms with Gasteiger partial charge in [-0.25, -0.2) is 4.79 Å². The van der Waals surface area contributed by atoms with Crippen LogP contribution < -0.4 is 5.73 Å². The summed E-state index contributed by atoms with van der Waals surface area (Å²) in [5, 5.41) is 0. The number of likely N-dealkylation sites (tertiary alicyclic amines) is 1. The van der Waals surface area contributed by atoms with Crippen LogP contribution >= 0.6 is 12.4 Å². The highest BCUT2D eigenvalue weighted by Gasteiger charge is 2.37. The fourth-order valence-corrected chi connectivity index (χ4v) is 3.27. The second-order valence-electron chi connectivity index (χ2n) is 6.58. The van der Waals surface area contributed by atoms with Crippen molar-refractivity contribution in [3.8, 4) is 0 Å². The molecule has 0 unspecified atom stereocenters. The van der Waals surface area contributed by atoms with Gasteiger partial charge in [-0.2, -0.15) is 0 Å². The summed E-state index contributed by atoms with van der Waals surface area (Å²) < 4.78 is 5.42. The van der Waals surface area contributed by atoms with Crippen molar-refractivity contribution >= 4 is 24.3 Å². The first kappa shape index (κ1) is 20.9. The van der Waals surface area contributed by atoms with E-state index in [-0.39, 0.29) is 30.9 Å². The van der Waals surface area contributed by atoms with Crippen molar-refractivity contribution in [3.63, 3.8) is 0 Å². The maximum Gasteiger partial charge on any atom is 0.329 e. The molecule has 2 atom stereocenters. The highest BCUT2D eigenvalue weighted by molar-refractivity contribution is 5.88. The molecule has 1 saturated heterocycles. The quantitative estimate of drug-likeness (QED) is 0.772. The molecule has 2 N–H and O–H groups in total. The van der Waals surface area contributed by atoms with Gasteiger partial charge < -0.3 is 15.4 Å². The van der Waals surface area contributed by atoms with Crippen LogP contribution in [0.4, 0.5) is 0 Å². The van der Waals surface area contributed by atoms with Crippen molar-refractivity contribution in [1.82, 2.24) is 4.90 Å². The summed E-state index contributed by atoms with van der Waals surface area (Å²) >= 11 is 0. The Labute approximate surface area is 165 Å². The molecule has 1 aliphatic heterocycles. The normalized spacial score (nSPS) is 17.1. The number of rotatable bonds is 6. The van der Waals surface area contributed by atoms with Crippen LogP contribution in [0.5, 0.6) is 0 Å². The van der Waals surface area contributed by atoms with E-state index in [1.807, 2.05) is 60.7 Å². The predicted molar refractivity (Wildman–Crippen MR) is 106 cm³/mol. The second-order valence-corrected chi connectivity index (χ2v) is 6.58. The van der Waals surface area contributed by atoms with Crippen molar-refractivity contribution in [2.75, 3.05) is 6.54 Å².